The molecule has 0 bridgehead atoms. The molecule has 114 valence electrons. The Bertz CT molecular complexity index is 550. The van der Waals surface area contributed by atoms with E-state index in [4.69, 9.17) is 9.84 Å². The van der Waals surface area contributed by atoms with Gasteiger partial charge in [-0.15, -0.1) is 0 Å². The van der Waals surface area contributed by atoms with Gasteiger partial charge in [0.2, 0.25) is 0 Å². The molecule has 7 heteroatoms. The van der Waals surface area contributed by atoms with Gasteiger partial charge in [-0.25, -0.2) is 14.0 Å². The number of urea groups is 1. The average molecular weight is 296 g/mol. The highest BCUT2D eigenvalue weighted by Gasteiger charge is 2.26. The van der Waals surface area contributed by atoms with E-state index in [2.05, 4.69) is 5.32 Å². The van der Waals surface area contributed by atoms with Crippen molar-refractivity contribution in [2.24, 2.45) is 5.92 Å². The lowest BCUT2D eigenvalue weighted by atomic mass is 10.1. The molecule has 2 N–H and O–H groups in total. The number of hydrogen-bond acceptors (Lipinski definition) is 3. The number of rotatable bonds is 4. The highest BCUT2D eigenvalue weighted by Crippen LogP contribution is 2.19. The van der Waals surface area contributed by atoms with Crippen molar-refractivity contribution in [1.29, 1.82) is 0 Å². The third kappa shape index (κ3) is 3.69. The summed E-state index contributed by atoms with van der Waals surface area (Å²) in [7, 11) is 1.62. The molecule has 2 amide bonds. The van der Waals surface area contributed by atoms with Gasteiger partial charge in [0, 0.05) is 31.8 Å². The van der Waals surface area contributed by atoms with Crippen LogP contribution in [0.15, 0.2) is 18.2 Å². The van der Waals surface area contributed by atoms with Gasteiger partial charge in [0.25, 0.3) is 0 Å². The number of hydrogen-bond donors (Lipinski definition) is 2. The molecule has 1 aromatic rings. The number of carbonyl (C=O) groups excluding carboxylic acids is 1. The van der Waals surface area contributed by atoms with Crippen molar-refractivity contribution in [2.75, 3.05) is 32.1 Å². The van der Waals surface area contributed by atoms with E-state index < -0.39 is 17.3 Å². The van der Waals surface area contributed by atoms with Crippen LogP contribution in [0, 0.1) is 11.7 Å². The van der Waals surface area contributed by atoms with Crippen molar-refractivity contribution in [3.63, 3.8) is 0 Å². The predicted octanol–water partition coefficient (Wildman–Crippen LogP) is 2.02. The molecule has 1 atom stereocenters. The normalized spacial score (nSPS) is 17.8. The zero-order valence-corrected chi connectivity index (χ0v) is 11.6. The number of ether oxygens (including phenoxy) is 1. The van der Waals surface area contributed by atoms with Crippen molar-refractivity contribution >= 4 is 17.7 Å². The molecular formula is C14H17FN2O4. The molecule has 1 aliphatic rings. The van der Waals surface area contributed by atoms with Gasteiger partial charge in [-0.2, -0.15) is 0 Å². The largest absolute Gasteiger partial charge is 0.478 e. The maximum absolute atomic E-state index is 13.5. The Hall–Kier alpha value is -2.15. The van der Waals surface area contributed by atoms with Crippen LogP contribution in [0.4, 0.5) is 14.9 Å². The second-order valence-corrected chi connectivity index (χ2v) is 4.99. The number of carboxylic acid groups (broad SMARTS) is 1. The second kappa shape index (κ2) is 6.53. The Labute approximate surface area is 121 Å². The van der Waals surface area contributed by atoms with E-state index in [9.17, 15) is 14.0 Å². The summed E-state index contributed by atoms with van der Waals surface area (Å²) in [5.74, 6) is -1.90. The Kier molecular flexibility index (Phi) is 4.74. The fourth-order valence-electron chi connectivity index (χ4n) is 2.36. The van der Waals surface area contributed by atoms with E-state index in [1.807, 2.05) is 0 Å². The highest BCUT2D eigenvalue weighted by atomic mass is 19.1. The fraction of sp³-hybridized carbons (Fsp3) is 0.429. The van der Waals surface area contributed by atoms with Crippen LogP contribution < -0.4 is 5.32 Å². The average Bonchev–Trinajstić information content (AvgIpc) is 2.87. The summed E-state index contributed by atoms with van der Waals surface area (Å²) < 4.78 is 18.6. The SMILES string of the molecule is COCC1CCN(C(=O)Nc2ccc(C(=O)O)c(F)c2)C1. The van der Waals surface area contributed by atoms with Crippen LogP contribution >= 0.6 is 0 Å². The third-order valence-electron chi connectivity index (χ3n) is 3.43. The van der Waals surface area contributed by atoms with Gasteiger partial charge in [-0.1, -0.05) is 0 Å². The number of anilines is 1. The smallest absolute Gasteiger partial charge is 0.338 e. The monoisotopic (exact) mass is 296 g/mol. The molecule has 0 saturated carbocycles. The first-order valence-electron chi connectivity index (χ1n) is 6.59. The van der Waals surface area contributed by atoms with E-state index in [0.717, 1.165) is 18.6 Å². The first-order valence-corrected chi connectivity index (χ1v) is 6.59. The minimum absolute atomic E-state index is 0.234. The minimum atomic E-state index is -1.34. The first-order chi connectivity index (χ1) is 10.0. The van der Waals surface area contributed by atoms with E-state index in [1.165, 1.54) is 6.07 Å². The Balaban J connectivity index is 1.97. The van der Waals surface area contributed by atoms with E-state index in [-0.39, 0.29) is 11.7 Å². The number of halogens is 1. The van der Waals surface area contributed by atoms with Gasteiger partial charge in [-0.3, -0.25) is 0 Å². The number of carbonyl (C=O) groups is 2. The molecular weight excluding hydrogens is 279 g/mol. The van der Waals surface area contributed by atoms with Gasteiger partial charge in [0.1, 0.15) is 5.82 Å². The van der Waals surface area contributed by atoms with E-state index in [0.29, 0.717) is 25.6 Å². The molecule has 6 nitrogen and oxygen atoms in total. The van der Waals surface area contributed by atoms with Gasteiger partial charge < -0.3 is 20.1 Å². The molecule has 1 aromatic carbocycles. The van der Waals surface area contributed by atoms with Crippen molar-refractivity contribution in [3.8, 4) is 0 Å². The van der Waals surface area contributed by atoms with Crippen molar-refractivity contribution in [3.05, 3.63) is 29.6 Å². The standard InChI is InChI=1S/C14H17FN2O4/c1-21-8-9-4-5-17(7-9)14(20)16-10-2-3-11(13(18)19)12(15)6-10/h2-3,6,9H,4-5,7-8H2,1H3,(H,16,20)(H,18,19). The molecule has 0 radical (unpaired) electrons. The van der Waals surface area contributed by atoms with Crippen LogP contribution in [0.5, 0.6) is 0 Å². The van der Waals surface area contributed by atoms with Gasteiger partial charge >= 0.3 is 12.0 Å². The summed E-state index contributed by atoms with van der Waals surface area (Å²) in [6, 6.07) is 3.18. The van der Waals surface area contributed by atoms with Crippen LogP contribution in [-0.2, 0) is 4.74 Å². The van der Waals surface area contributed by atoms with Crippen LogP contribution in [0.3, 0.4) is 0 Å². The van der Waals surface area contributed by atoms with Crippen LogP contribution in [0.2, 0.25) is 0 Å². The molecule has 1 unspecified atom stereocenters. The molecule has 0 aromatic heterocycles. The van der Waals surface area contributed by atoms with Crippen molar-refractivity contribution in [1.82, 2.24) is 4.90 Å². The summed E-state index contributed by atoms with van der Waals surface area (Å²) in [5, 5.41) is 11.3. The summed E-state index contributed by atoms with van der Waals surface area (Å²) in [6.45, 7) is 1.82. The number of methoxy groups -OCH3 is 1. The van der Waals surface area contributed by atoms with Gasteiger partial charge in [0.05, 0.1) is 12.2 Å². The Morgan fingerprint density at radius 2 is 2.29 bits per heavy atom. The molecule has 2 rings (SSSR count). The maximum atomic E-state index is 13.5. The highest BCUT2D eigenvalue weighted by molar-refractivity contribution is 5.92. The fourth-order valence-corrected chi connectivity index (χ4v) is 2.36. The molecule has 0 spiro atoms. The number of likely N-dealkylation sites (tertiary alicyclic amines) is 1. The number of aromatic carboxylic acids is 1. The maximum Gasteiger partial charge on any atom is 0.338 e. The molecule has 1 saturated heterocycles. The second-order valence-electron chi connectivity index (χ2n) is 4.99. The summed E-state index contributed by atoms with van der Waals surface area (Å²) in [4.78, 5) is 24.4. The molecule has 1 fully saturated rings. The lowest BCUT2D eigenvalue weighted by Crippen LogP contribution is -2.33. The first kappa shape index (κ1) is 15.2. The summed E-state index contributed by atoms with van der Waals surface area (Å²) in [5.41, 5.74) is -0.188. The van der Waals surface area contributed by atoms with Crippen molar-refractivity contribution in [2.45, 2.75) is 6.42 Å². The zero-order valence-electron chi connectivity index (χ0n) is 11.6. The predicted molar refractivity (Wildman–Crippen MR) is 73.9 cm³/mol. The van der Waals surface area contributed by atoms with Gasteiger partial charge in [-0.05, 0) is 24.6 Å². The number of nitrogens with one attached hydrogen (secondary N) is 1. The quantitative estimate of drug-likeness (QED) is 0.891. The van der Waals surface area contributed by atoms with E-state index >= 15 is 0 Å². The molecule has 1 aliphatic heterocycles. The third-order valence-corrected chi connectivity index (χ3v) is 3.43. The molecule has 1 heterocycles. The number of carboxylic acids is 1. The Morgan fingerprint density at radius 1 is 1.52 bits per heavy atom. The summed E-state index contributed by atoms with van der Waals surface area (Å²) in [6.07, 6.45) is 0.869. The number of benzene rings is 1. The zero-order chi connectivity index (χ0) is 15.4. The van der Waals surface area contributed by atoms with E-state index in [1.54, 1.807) is 12.0 Å². The van der Waals surface area contributed by atoms with Crippen LogP contribution in [0.25, 0.3) is 0 Å². The Morgan fingerprint density at radius 3 is 2.90 bits per heavy atom. The molecule has 0 aliphatic carbocycles. The van der Waals surface area contributed by atoms with Crippen LogP contribution in [0.1, 0.15) is 16.8 Å². The number of amides is 2. The van der Waals surface area contributed by atoms with Gasteiger partial charge in [0.15, 0.2) is 0 Å². The minimum Gasteiger partial charge on any atom is -0.478 e. The van der Waals surface area contributed by atoms with Crippen LogP contribution in [-0.4, -0.2) is 48.8 Å². The lowest BCUT2D eigenvalue weighted by Gasteiger charge is -2.17. The summed E-state index contributed by atoms with van der Waals surface area (Å²) >= 11 is 0. The molecule has 21 heavy (non-hydrogen) atoms. The van der Waals surface area contributed by atoms with Crippen molar-refractivity contribution < 1.29 is 23.8 Å². The number of nitrogens with zero attached hydrogens (tertiary/aromatic N) is 1. The topological polar surface area (TPSA) is 78.9 Å². The lowest BCUT2D eigenvalue weighted by molar-refractivity contribution is 0.0692.